The molecule has 3 heterocycles. The van der Waals surface area contributed by atoms with Gasteiger partial charge in [0, 0.05) is 5.56 Å². The molecule has 0 N–H and O–H groups in total. The van der Waals surface area contributed by atoms with Gasteiger partial charge < -0.3 is 14.3 Å². The third kappa shape index (κ3) is 3.90. The van der Waals surface area contributed by atoms with Crippen LogP contribution in [0.4, 0.5) is 0 Å². The van der Waals surface area contributed by atoms with Gasteiger partial charge in [-0.05, 0) is 44.2 Å². The Balaban J connectivity index is 1.37. The fourth-order valence-electron chi connectivity index (χ4n) is 3.60. The number of fused-ring (bicyclic) bond motifs is 3. The molecule has 3 aromatic heterocycles. The molecule has 0 saturated carbocycles. The van der Waals surface area contributed by atoms with Crippen molar-refractivity contribution >= 4 is 22.4 Å². The topological polar surface area (TPSA) is 101 Å². The van der Waals surface area contributed by atoms with Crippen molar-refractivity contribution in [3.8, 4) is 17.2 Å². The molecule has 0 bridgehead atoms. The van der Waals surface area contributed by atoms with Crippen LogP contribution >= 0.6 is 0 Å². The van der Waals surface area contributed by atoms with E-state index >= 15 is 0 Å². The predicted octanol–water partition coefficient (Wildman–Crippen LogP) is 3.73. The lowest BCUT2D eigenvalue weighted by Gasteiger charge is -2.09. The monoisotopic (exact) mass is 457 g/mol. The van der Waals surface area contributed by atoms with Crippen LogP contribution < -0.4 is 9.47 Å². The fraction of sp³-hybridized carbons (Fsp3) is 0.208. The molecule has 0 aliphatic carbocycles. The van der Waals surface area contributed by atoms with Gasteiger partial charge in [-0.15, -0.1) is 5.10 Å². The first-order valence-electron chi connectivity index (χ1n) is 10.6. The van der Waals surface area contributed by atoms with Gasteiger partial charge in [-0.2, -0.15) is 5.10 Å². The van der Waals surface area contributed by atoms with Gasteiger partial charge in [-0.1, -0.05) is 22.9 Å². The highest BCUT2D eigenvalue weighted by molar-refractivity contribution is 5.98. The van der Waals surface area contributed by atoms with E-state index in [1.54, 1.807) is 35.9 Å². The molecule has 10 nitrogen and oxygen atoms in total. The molecular weight excluding hydrogens is 434 g/mol. The maximum Gasteiger partial charge on any atom is 0.192 e. The summed E-state index contributed by atoms with van der Waals surface area (Å²) in [6, 6.07) is 13.7. The molecule has 0 atom stereocenters. The van der Waals surface area contributed by atoms with Gasteiger partial charge >= 0.3 is 0 Å². The van der Waals surface area contributed by atoms with Crippen molar-refractivity contribution in [3.05, 3.63) is 71.9 Å². The first kappa shape index (κ1) is 21.4. The van der Waals surface area contributed by atoms with Crippen LogP contribution in [0.1, 0.15) is 23.9 Å². The van der Waals surface area contributed by atoms with Crippen LogP contribution in [0.25, 0.3) is 22.4 Å². The summed E-state index contributed by atoms with van der Waals surface area (Å²) in [4.78, 5) is 14.7. The van der Waals surface area contributed by atoms with Crippen molar-refractivity contribution in [1.82, 2.24) is 29.4 Å². The number of aryl methyl sites for hydroxylation is 1. The number of hydrogen-bond acceptors (Lipinski definition) is 8. The summed E-state index contributed by atoms with van der Waals surface area (Å²) in [5.41, 5.74) is 5.02. The van der Waals surface area contributed by atoms with Gasteiger partial charge in [0.1, 0.15) is 6.33 Å². The zero-order valence-corrected chi connectivity index (χ0v) is 19.3. The molecule has 0 spiro atoms. The fourth-order valence-corrected chi connectivity index (χ4v) is 3.60. The molecule has 10 heteroatoms. The number of methoxy groups -OCH3 is 2. The second kappa shape index (κ2) is 8.81. The van der Waals surface area contributed by atoms with Gasteiger partial charge in [0.05, 0.1) is 37.2 Å². The lowest BCUT2D eigenvalue weighted by atomic mass is 10.1. The standard InChI is InChI=1S/C24H23N7O3/c1-15-5-8-18(9-6-15)31-23-19(12-26-31)24-27-22(28-30(24)14-25-23)13-34-29-16(2)17-7-10-20(32-3)21(11-17)33-4/h5-12,14H,13H2,1-4H3. The highest BCUT2D eigenvalue weighted by Gasteiger charge is 2.14. The molecule has 0 aliphatic heterocycles. The Hall–Kier alpha value is -4.47. The minimum absolute atomic E-state index is 0.111. The quantitative estimate of drug-likeness (QED) is 0.271. The van der Waals surface area contributed by atoms with Gasteiger partial charge in [0.15, 0.2) is 35.2 Å². The number of hydrogen-bond donors (Lipinski definition) is 0. The van der Waals surface area contributed by atoms with Crippen LogP contribution in [0, 0.1) is 6.92 Å². The summed E-state index contributed by atoms with van der Waals surface area (Å²) in [7, 11) is 3.19. The zero-order chi connectivity index (χ0) is 23.7. The Labute approximate surface area is 195 Å². The van der Waals surface area contributed by atoms with Crippen LogP contribution in [0.5, 0.6) is 11.5 Å². The van der Waals surface area contributed by atoms with Crippen LogP contribution in [-0.4, -0.2) is 49.3 Å². The van der Waals surface area contributed by atoms with E-state index in [0.29, 0.717) is 34.3 Å². The van der Waals surface area contributed by atoms with E-state index < -0.39 is 0 Å². The lowest BCUT2D eigenvalue weighted by molar-refractivity contribution is 0.125. The van der Waals surface area contributed by atoms with Gasteiger partial charge in [-0.25, -0.2) is 19.2 Å². The predicted molar refractivity (Wildman–Crippen MR) is 127 cm³/mol. The Kier molecular flexibility index (Phi) is 5.54. The van der Waals surface area contributed by atoms with Crippen molar-refractivity contribution in [1.29, 1.82) is 0 Å². The number of rotatable bonds is 7. The van der Waals surface area contributed by atoms with Gasteiger partial charge in [0.25, 0.3) is 0 Å². The van der Waals surface area contributed by atoms with E-state index in [-0.39, 0.29) is 6.61 Å². The first-order chi connectivity index (χ1) is 16.6. The van der Waals surface area contributed by atoms with Gasteiger partial charge in [0.2, 0.25) is 0 Å². The molecule has 0 saturated heterocycles. The van der Waals surface area contributed by atoms with Crippen molar-refractivity contribution in [2.24, 2.45) is 5.16 Å². The van der Waals surface area contributed by atoms with E-state index in [9.17, 15) is 0 Å². The molecule has 2 aromatic carbocycles. The molecule has 5 rings (SSSR count). The van der Waals surface area contributed by atoms with Crippen LogP contribution in [0.3, 0.4) is 0 Å². The average molecular weight is 457 g/mol. The lowest BCUT2D eigenvalue weighted by Crippen LogP contribution is -2.00. The van der Waals surface area contributed by atoms with Crippen molar-refractivity contribution in [2.45, 2.75) is 20.5 Å². The van der Waals surface area contributed by atoms with Crippen molar-refractivity contribution < 1.29 is 14.3 Å². The summed E-state index contributed by atoms with van der Waals surface area (Å²) < 4.78 is 14.0. The smallest absolute Gasteiger partial charge is 0.192 e. The summed E-state index contributed by atoms with van der Waals surface area (Å²) in [6.07, 6.45) is 3.37. The largest absolute Gasteiger partial charge is 0.493 e. The van der Waals surface area contributed by atoms with Crippen LogP contribution in [-0.2, 0) is 11.4 Å². The van der Waals surface area contributed by atoms with Crippen LogP contribution in [0.2, 0.25) is 0 Å². The highest BCUT2D eigenvalue weighted by atomic mass is 16.6. The molecule has 0 unspecified atom stereocenters. The molecule has 34 heavy (non-hydrogen) atoms. The number of aromatic nitrogens is 6. The number of benzene rings is 2. The third-order valence-electron chi connectivity index (χ3n) is 5.42. The minimum Gasteiger partial charge on any atom is -0.493 e. The molecular formula is C24H23N7O3. The van der Waals surface area contributed by atoms with E-state index in [1.165, 1.54) is 5.56 Å². The van der Waals surface area contributed by atoms with E-state index in [4.69, 9.17) is 14.3 Å². The minimum atomic E-state index is 0.111. The highest BCUT2D eigenvalue weighted by Crippen LogP contribution is 2.28. The van der Waals surface area contributed by atoms with Crippen molar-refractivity contribution in [2.75, 3.05) is 14.2 Å². The number of oxime groups is 1. The zero-order valence-electron chi connectivity index (χ0n) is 19.3. The average Bonchev–Trinajstić information content (AvgIpc) is 3.48. The first-order valence-corrected chi connectivity index (χ1v) is 10.6. The third-order valence-corrected chi connectivity index (χ3v) is 5.42. The summed E-state index contributed by atoms with van der Waals surface area (Å²) >= 11 is 0. The SMILES string of the molecule is COc1ccc(C(C)=NOCc2nc3c4cnn(-c5ccc(C)cc5)c4ncn3n2)cc1OC. The summed E-state index contributed by atoms with van der Waals surface area (Å²) in [5, 5.41) is 14.0. The number of ether oxygens (including phenoxy) is 2. The van der Waals surface area contributed by atoms with Gasteiger partial charge in [-0.3, -0.25) is 0 Å². The Bertz CT molecular complexity index is 1500. The van der Waals surface area contributed by atoms with Crippen LogP contribution in [0.15, 0.2) is 60.1 Å². The van der Waals surface area contributed by atoms with E-state index in [1.807, 2.05) is 56.3 Å². The Morgan fingerprint density at radius 2 is 1.79 bits per heavy atom. The molecule has 5 aromatic rings. The Morgan fingerprint density at radius 3 is 2.56 bits per heavy atom. The molecule has 0 radical (unpaired) electrons. The summed E-state index contributed by atoms with van der Waals surface area (Å²) in [5.74, 6) is 1.76. The van der Waals surface area contributed by atoms with Crippen molar-refractivity contribution in [3.63, 3.8) is 0 Å². The molecule has 172 valence electrons. The molecule has 0 amide bonds. The molecule has 0 aliphatic rings. The molecule has 0 fully saturated rings. The second-order valence-electron chi connectivity index (χ2n) is 7.69. The normalized spacial score (nSPS) is 11.8. The second-order valence-corrected chi connectivity index (χ2v) is 7.69. The Morgan fingerprint density at radius 1 is 1.00 bits per heavy atom. The maximum atomic E-state index is 5.53. The van der Waals surface area contributed by atoms with E-state index in [0.717, 1.165) is 16.6 Å². The maximum absolute atomic E-state index is 5.53. The number of nitrogens with zero attached hydrogens (tertiary/aromatic N) is 7. The summed E-state index contributed by atoms with van der Waals surface area (Å²) in [6.45, 7) is 4.01. The van der Waals surface area contributed by atoms with E-state index in [2.05, 4.69) is 25.3 Å².